The molecule has 3 heterocycles. The number of carbonyl (C=O) groups excluding carboxylic acids is 2. The molecule has 7 nitrogen and oxygen atoms in total. The minimum atomic E-state index is -0.411. The van der Waals surface area contributed by atoms with Crippen LogP contribution in [0, 0.1) is 13.8 Å². The number of fused-ring (bicyclic) bond motifs is 1. The number of rotatable bonds is 4. The number of anilines is 1. The zero-order chi connectivity index (χ0) is 20.5. The van der Waals surface area contributed by atoms with Gasteiger partial charge in [-0.05, 0) is 50.5 Å². The van der Waals surface area contributed by atoms with Crippen LogP contribution < -0.4 is 4.90 Å². The van der Waals surface area contributed by atoms with Crippen LogP contribution in [0.15, 0.2) is 42.7 Å². The fraction of sp³-hybridized carbons (Fsp3) is 0.318. The number of esters is 1. The first-order chi connectivity index (χ1) is 14.0. The Morgan fingerprint density at radius 2 is 2.03 bits per heavy atom. The number of nitrogens with zero attached hydrogens (tertiary/aromatic N) is 3. The summed E-state index contributed by atoms with van der Waals surface area (Å²) in [5.74, 6) is -0.572. The van der Waals surface area contributed by atoms with Gasteiger partial charge in [-0.25, -0.2) is 4.79 Å². The summed E-state index contributed by atoms with van der Waals surface area (Å²) < 4.78 is 7.05. The maximum atomic E-state index is 13.6. The first-order valence-corrected chi connectivity index (χ1v) is 9.76. The van der Waals surface area contributed by atoms with Gasteiger partial charge in [0.15, 0.2) is 0 Å². The molecule has 0 radical (unpaired) electrons. The lowest BCUT2D eigenvalue weighted by Gasteiger charge is -2.34. The molecule has 0 saturated carbocycles. The predicted molar refractivity (Wildman–Crippen MR) is 109 cm³/mol. The van der Waals surface area contributed by atoms with E-state index in [2.05, 4.69) is 10.1 Å². The topological polar surface area (TPSA) is 80.2 Å². The Bertz CT molecular complexity index is 1050. The number of aromatic nitrogens is 3. The van der Waals surface area contributed by atoms with Crippen LogP contribution in [0.1, 0.15) is 50.6 Å². The lowest BCUT2D eigenvalue weighted by molar-refractivity contribution is 0.0525. The van der Waals surface area contributed by atoms with Crippen LogP contribution in [0.25, 0.3) is 0 Å². The van der Waals surface area contributed by atoms with E-state index in [0.717, 1.165) is 17.7 Å². The summed E-state index contributed by atoms with van der Waals surface area (Å²) in [5, 5.41) is 4.37. The van der Waals surface area contributed by atoms with Crippen LogP contribution in [0.4, 0.5) is 5.69 Å². The average molecular weight is 392 g/mol. The van der Waals surface area contributed by atoms with Gasteiger partial charge in [-0.15, -0.1) is 0 Å². The van der Waals surface area contributed by atoms with Crippen LogP contribution in [-0.2, 0) is 11.2 Å². The molecule has 4 rings (SSSR count). The molecule has 3 aromatic rings. The number of aromatic amines is 1. The fourth-order valence-corrected chi connectivity index (χ4v) is 4.05. The molecule has 29 heavy (non-hydrogen) atoms. The summed E-state index contributed by atoms with van der Waals surface area (Å²) in [5.41, 5.74) is 4.10. The van der Waals surface area contributed by atoms with Crippen molar-refractivity contribution >= 4 is 17.6 Å². The van der Waals surface area contributed by atoms with Crippen molar-refractivity contribution in [3.8, 4) is 0 Å². The number of benzene rings is 1. The number of nitrogens with one attached hydrogen (secondary N) is 1. The minimum Gasteiger partial charge on any atom is -0.462 e. The maximum absolute atomic E-state index is 13.6. The fourth-order valence-electron chi connectivity index (χ4n) is 4.05. The molecule has 1 atom stereocenters. The number of aryl methyl sites for hydroxylation is 1. The summed E-state index contributed by atoms with van der Waals surface area (Å²) in [4.78, 5) is 30.8. The Balaban J connectivity index is 1.73. The van der Waals surface area contributed by atoms with E-state index in [0.29, 0.717) is 29.1 Å². The van der Waals surface area contributed by atoms with Crippen molar-refractivity contribution in [3.05, 3.63) is 70.8 Å². The lowest BCUT2D eigenvalue weighted by Crippen LogP contribution is -2.41. The van der Waals surface area contributed by atoms with Crippen LogP contribution in [0.3, 0.4) is 0 Å². The number of hydrogen-bond donors (Lipinski definition) is 1. The second kappa shape index (κ2) is 7.58. The van der Waals surface area contributed by atoms with E-state index >= 15 is 0 Å². The zero-order valence-corrected chi connectivity index (χ0v) is 16.8. The van der Waals surface area contributed by atoms with Crippen molar-refractivity contribution in [1.82, 2.24) is 14.8 Å². The van der Waals surface area contributed by atoms with E-state index in [4.69, 9.17) is 4.74 Å². The van der Waals surface area contributed by atoms with Crippen molar-refractivity contribution in [2.24, 2.45) is 0 Å². The first-order valence-electron chi connectivity index (χ1n) is 9.76. The third-order valence-corrected chi connectivity index (χ3v) is 5.41. The summed E-state index contributed by atoms with van der Waals surface area (Å²) in [7, 11) is 0. The molecular weight excluding hydrogens is 368 g/mol. The normalized spacial score (nSPS) is 15.8. The van der Waals surface area contributed by atoms with Crippen molar-refractivity contribution in [1.29, 1.82) is 0 Å². The van der Waals surface area contributed by atoms with Crippen LogP contribution in [-0.4, -0.2) is 39.8 Å². The third kappa shape index (κ3) is 3.33. The number of H-pyrrole nitrogens is 1. The zero-order valence-electron chi connectivity index (χ0n) is 16.8. The quantitative estimate of drug-likeness (QED) is 0.690. The molecule has 1 N–H and O–H groups in total. The number of para-hydroxylation sites is 1. The van der Waals surface area contributed by atoms with Crippen molar-refractivity contribution in [2.45, 2.75) is 33.2 Å². The molecule has 0 saturated heterocycles. The first kappa shape index (κ1) is 19.0. The average Bonchev–Trinajstić information content (AvgIpc) is 3.35. The third-order valence-electron chi connectivity index (χ3n) is 5.41. The highest BCUT2D eigenvalue weighted by molar-refractivity contribution is 6.08. The number of hydrogen-bond acceptors (Lipinski definition) is 4. The van der Waals surface area contributed by atoms with Crippen molar-refractivity contribution in [3.63, 3.8) is 0 Å². The molecule has 1 aliphatic rings. The summed E-state index contributed by atoms with van der Waals surface area (Å²) in [6, 6.07) is 9.85. The number of ether oxygens (including phenoxy) is 1. The van der Waals surface area contributed by atoms with Crippen LogP contribution >= 0.6 is 0 Å². The summed E-state index contributed by atoms with van der Waals surface area (Å²) in [6.07, 6.45) is 4.47. The van der Waals surface area contributed by atoms with E-state index in [9.17, 15) is 9.59 Å². The molecule has 0 fully saturated rings. The Labute approximate surface area is 169 Å². The van der Waals surface area contributed by atoms with Gasteiger partial charge in [0.1, 0.15) is 5.69 Å². The number of carbonyl (C=O) groups is 2. The summed E-state index contributed by atoms with van der Waals surface area (Å²) in [6.45, 7) is 6.12. The Kier molecular flexibility index (Phi) is 4.96. The van der Waals surface area contributed by atoms with Crippen LogP contribution in [0.2, 0.25) is 0 Å². The second-order valence-corrected chi connectivity index (χ2v) is 7.23. The highest BCUT2D eigenvalue weighted by atomic mass is 16.5. The smallest absolute Gasteiger partial charge is 0.340 e. The monoisotopic (exact) mass is 392 g/mol. The predicted octanol–water partition coefficient (Wildman–Crippen LogP) is 3.45. The molecule has 2 aromatic heterocycles. The largest absolute Gasteiger partial charge is 0.462 e. The molecule has 1 amide bonds. The molecule has 0 spiro atoms. The molecule has 1 aliphatic heterocycles. The van der Waals surface area contributed by atoms with E-state index in [1.54, 1.807) is 31.9 Å². The van der Waals surface area contributed by atoms with Gasteiger partial charge in [-0.2, -0.15) is 5.10 Å². The molecule has 150 valence electrons. The van der Waals surface area contributed by atoms with Gasteiger partial charge in [0.25, 0.3) is 5.91 Å². The number of amides is 1. The molecular formula is C22H24N4O3. The highest BCUT2D eigenvalue weighted by Crippen LogP contribution is 2.33. The van der Waals surface area contributed by atoms with Gasteiger partial charge in [0.05, 0.1) is 18.2 Å². The summed E-state index contributed by atoms with van der Waals surface area (Å²) >= 11 is 0. The molecule has 7 heteroatoms. The van der Waals surface area contributed by atoms with Crippen molar-refractivity contribution < 1.29 is 14.3 Å². The van der Waals surface area contributed by atoms with Gasteiger partial charge in [-0.3, -0.25) is 9.48 Å². The van der Waals surface area contributed by atoms with Crippen molar-refractivity contribution in [2.75, 3.05) is 18.1 Å². The van der Waals surface area contributed by atoms with Crippen LogP contribution in [0.5, 0.6) is 0 Å². The van der Waals surface area contributed by atoms with Gasteiger partial charge >= 0.3 is 5.97 Å². The van der Waals surface area contributed by atoms with Gasteiger partial charge < -0.3 is 14.6 Å². The van der Waals surface area contributed by atoms with E-state index < -0.39 is 5.97 Å². The standard InChI is InChI=1S/C22H24N4O3/c1-4-29-22(28)19-14(2)20(24-15(19)3)21(27)25-13-17(26-11-7-10-23-26)12-16-8-5-6-9-18(16)25/h5-11,17,24H,4,12-13H2,1-3H3/t17-/m0/s1. The molecule has 1 aromatic carbocycles. The Morgan fingerprint density at radius 3 is 2.76 bits per heavy atom. The van der Waals surface area contributed by atoms with E-state index in [-0.39, 0.29) is 18.6 Å². The Morgan fingerprint density at radius 1 is 1.24 bits per heavy atom. The minimum absolute atomic E-state index is 0.0461. The van der Waals surface area contributed by atoms with E-state index in [1.807, 2.05) is 41.2 Å². The molecule has 0 bridgehead atoms. The second-order valence-electron chi connectivity index (χ2n) is 7.23. The van der Waals surface area contributed by atoms with Gasteiger partial charge in [-0.1, -0.05) is 18.2 Å². The maximum Gasteiger partial charge on any atom is 0.340 e. The Hall–Kier alpha value is -3.35. The SMILES string of the molecule is CCOC(=O)c1c(C)[nH]c(C(=O)N2C[C@@H](n3cccn3)Cc3ccccc32)c1C. The van der Waals surface area contributed by atoms with Gasteiger partial charge in [0, 0.05) is 30.3 Å². The lowest BCUT2D eigenvalue weighted by atomic mass is 9.97. The highest BCUT2D eigenvalue weighted by Gasteiger charge is 2.33. The van der Waals surface area contributed by atoms with E-state index in [1.165, 1.54) is 0 Å². The van der Waals surface area contributed by atoms with Gasteiger partial charge in [0.2, 0.25) is 0 Å². The molecule has 0 unspecified atom stereocenters. The molecule has 0 aliphatic carbocycles.